The molecule has 0 spiro atoms. The van der Waals surface area contributed by atoms with E-state index in [1.165, 1.54) is 0 Å². The number of halogens is 5. The number of carbonyl (C=O) groups excluding carboxylic acids is 1. The summed E-state index contributed by atoms with van der Waals surface area (Å²) in [7, 11) is 0. The maximum Gasteiger partial charge on any atom is 0.433 e. The zero-order chi connectivity index (χ0) is 20.4. The van der Waals surface area contributed by atoms with Crippen LogP contribution in [0.15, 0.2) is 29.5 Å². The largest absolute Gasteiger partial charge is 0.433 e. The minimum atomic E-state index is -4.84. The fourth-order valence-corrected chi connectivity index (χ4v) is 4.09. The van der Waals surface area contributed by atoms with Gasteiger partial charge in [-0.2, -0.15) is 18.3 Å². The van der Waals surface area contributed by atoms with Crippen LogP contribution in [0.2, 0.25) is 0 Å². The molecule has 4 nitrogen and oxygen atoms in total. The summed E-state index contributed by atoms with van der Waals surface area (Å²) >= 11 is 0. The highest BCUT2D eigenvalue weighted by Crippen LogP contribution is 2.52. The third kappa shape index (κ3) is 2.80. The van der Waals surface area contributed by atoms with Gasteiger partial charge in [-0.05, 0) is 24.0 Å². The maximum absolute atomic E-state index is 14.6. The summed E-state index contributed by atoms with van der Waals surface area (Å²) < 4.78 is 69.9. The van der Waals surface area contributed by atoms with E-state index in [0.717, 1.165) is 18.2 Å². The van der Waals surface area contributed by atoms with Crippen molar-refractivity contribution in [2.75, 3.05) is 5.32 Å². The minimum Gasteiger partial charge on any atom is -0.342 e. The van der Waals surface area contributed by atoms with Crippen LogP contribution in [0.1, 0.15) is 49.4 Å². The number of hydrogen-bond acceptors (Lipinski definition) is 3. The summed E-state index contributed by atoms with van der Waals surface area (Å²) in [6.45, 7) is 3.69. The van der Waals surface area contributed by atoms with Crippen LogP contribution in [-0.4, -0.2) is 16.0 Å². The number of nitrogens with one attached hydrogen (secondary N) is 2. The highest BCUT2D eigenvalue weighted by Gasteiger charge is 2.48. The zero-order valence-electron chi connectivity index (χ0n) is 15.0. The van der Waals surface area contributed by atoms with E-state index in [0.29, 0.717) is 12.1 Å². The van der Waals surface area contributed by atoms with Crippen molar-refractivity contribution in [1.29, 1.82) is 0 Å². The number of carbonyl (C=O) groups is 1. The number of nitrogens with zero attached hydrogens (tertiary/aromatic N) is 1. The predicted molar refractivity (Wildman–Crippen MR) is 90.5 cm³/mol. The molecule has 0 saturated heterocycles. The van der Waals surface area contributed by atoms with Crippen molar-refractivity contribution < 1.29 is 26.7 Å². The number of Topliss-reactive ketones (excluding diaryl/α,β-unsaturated/α-hetero) is 1. The fraction of sp³-hybridized carbons (Fsp3) is 0.368. The van der Waals surface area contributed by atoms with E-state index in [2.05, 4.69) is 10.4 Å². The molecule has 2 aromatic rings. The minimum absolute atomic E-state index is 0.0391. The second-order valence-electron chi connectivity index (χ2n) is 7.89. The van der Waals surface area contributed by atoms with Crippen molar-refractivity contribution in [2.24, 2.45) is 5.41 Å². The van der Waals surface area contributed by atoms with E-state index < -0.39 is 51.7 Å². The van der Waals surface area contributed by atoms with Gasteiger partial charge in [0.25, 0.3) is 0 Å². The first-order chi connectivity index (χ1) is 13.0. The molecule has 1 aliphatic heterocycles. The molecule has 1 unspecified atom stereocenters. The van der Waals surface area contributed by atoms with Gasteiger partial charge in [-0.3, -0.25) is 9.89 Å². The van der Waals surface area contributed by atoms with Gasteiger partial charge in [-0.1, -0.05) is 19.9 Å². The van der Waals surface area contributed by atoms with Crippen LogP contribution in [0.25, 0.3) is 0 Å². The van der Waals surface area contributed by atoms with E-state index in [1.807, 2.05) is 18.9 Å². The topological polar surface area (TPSA) is 57.8 Å². The molecule has 1 atom stereocenters. The lowest BCUT2D eigenvalue weighted by atomic mass is 9.69. The van der Waals surface area contributed by atoms with E-state index in [9.17, 15) is 26.7 Å². The quantitative estimate of drug-likeness (QED) is 0.673. The van der Waals surface area contributed by atoms with Crippen molar-refractivity contribution in [3.05, 3.63) is 57.9 Å². The van der Waals surface area contributed by atoms with Crippen LogP contribution < -0.4 is 5.32 Å². The monoisotopic (exact) mass is 397 g/mol. The third-order valence-corrected chi connectivity index (χ3v) is 5.14. The maximum atomic E-state index is 14.6. The van der Waals surface area contributed by atoms with Crippen LogP contribution in [0.5, 0.6) is 0 Å². The summed E-state index contributed by atoms with van der Waals surface area (Å²) in [5.74, 6) is -4.18. The highest BCUT2D eigenvalue weighted by atomic mass is 19.4. The number of aromatic nitrogens is 2. The SMILES string of the molecule is CC1(C)CC(=O)C2=C(C1)Nc1n[nH]c(C(F)(F)F)c1C2c1c(F)cccc1F. The molecule has 1 aromatic carbocycles. The lowest BCUT2D eigenvalue weighted by molar-refractivity contribution is -0.142. The number of aromatic amines is 1. The number of fused-ring (bicyclic) bond motifs is 1. The number of H-pyrrole nitrogens is 1. The predicted octanol–water partition coefficient (Wildman–Crippen LogP) is 4.91. The smallest absolute Gasteiger partial charge is 0.342 e. The molecule has 0 fully saturated rings. The molecule has 9 heteroatoms. The fourth-order valence-electron chi connectivity index (χ4n) is 4.09. The number of alkyl halides is 3. The second kappa shape index (κ2) is 5.89. The van der Waals surface area contributed by atoms with E-state index >= 15 is 0 Å². The van der Waals surface area contributed by atoms with Gasteiger partial charge in [0.05, 0.1) is 5.92 Å². The highest BCUT2D eigenvalue weighted by molar-refractivity contribution is 6.01. The van der Waals surface area contributed by atoms with Crippen LogP contribution in [0, 0.1) is 17.0 Å². The van der Waals surface area contributed by atoms with Gasteiger partial charge in [0, 0.05) is 28.8 Å². The third-order valence-electron chi connectivity index (χ3n) is 5.14. The standard InChI is InChI=1S/C19H16F5N3O/c1-18(2)6-10-13(11(28)7-18)14(12-8(20)4-3-5-9(12)21)15-16(19(22,23)24)26-27-17(15)25-10/h3-5,14H,6-7H2,1-2H3,(H2,25,26,27). The molecule has 148 valence electrons. The normalized spacial score (nSPS) is 21.2. The van der Waals surface area contributed by atoms with Gasteiger partial charge >= 0.3 is 6.18 Å². The van der Waals surface area contributed by atoms with Gasteiger partial charge in [-0.15, -0.1) is 0 Å². The van der Waals surface area contributed by atoms with Crippen LogP contribution in [-0.2, 0) is 11.0 Å². The average Bonchev–Trinajstić information content (AvgIpc) is 2.96. The Morgan fingerprint density at radius 1 is 1.11 bits per heavy atom. The molecule has 0 bridgehead atoms. The van der Waals surface area contributed by atoms with E-state index in [1.54, 1.807) is 0 Å². The Morgan fingerprint density at radius 3 is 2.36 bits per heavy atom. The van der Waals surface area contributed by atoms with Crippen molar-refractivity contribution in [3.8, 4) is 0 Å². The van der Waals surface area contributed by atoms with Gasteiger partial charge in [-0.25, -0.2) is 8.78 Å². The molecule has 0 radical (unpaired) electrons. The molecule has 2 heterocycles. The Kier molecular flexibility index (Phi) is 3.92. The molecular weight excluding hydrogens is 381 g/mol. The summed E-state index contributed by atoms with van der Waals surface area (Å²) in [5.41, 5.74) is -2.42. The Bertz CT molecular complexity index is 999. The van der Waals surface area contributed by atoms with E-state index in [-0.39, 0.29) is 17.8 Å². The van der Waals surface area contributed by atoms with Crippen molar-refractivity contribution >= 4 is 11.6 Å². The molecule has 1 aliphatic carbocycles. The first-order valence-electron chi connectivity index (χ1n) is 8.62. The molecule has 28 heavy (non-hydrogen) atoms. The molecule has 1 aromatic heterocycles. The van der Waals surface area contributed by atoms with E-state index in [4.69, 9.17) is 0 Å². The Morgan fingerprint density at radius 2 is 1.75 bits per heavy atom. The molecule has 0 amide bonds. The molecule has 2 N–H and O–H groups in total. The number of benzene rings is 1. The van der Waals surface area contributed by atoms with Gasteiger partial charge in [0.2, 0.25) is 0 Å². The summed E-state index contributed by atoms with van der Waals surface area (Å²) in [4.78, 5) is 12.9. The number of allylic oxidation sites excluding steroid dienone is 2. The number of hydrogen-bond donors (Lipinski definition) is 2. The lowest BCUT2D eigenvalue weighted by Crippen LogP contribution is -2.34. The van der Waals surface area contributed by atoms with Crippen LogP contribution in [0.4, 0.5) is 27.8 Å². The Hall–Kier alpha value is -2.71. The Balaban J connectivity index is 2.03. The Labute approximate surface area is 156 Å². The molecule has 2 aliphatic rings. The van der Waals surface area contributed by atoms with Gasteiger partial charge < -0.3 is 5.32 Å². The van der Waals surface area contributed by atoms with Gasteiger partial charge in [0.15, 0.2) is 11.6 Å². The molecule has 0 saturated carbocycles. The first-order valence-corrected chi connectivity index (χ1v) is 8.62. The number of rotatable bonds is 1. The lowest BCUT2D eigenvalue weighted by Gasteiger charge is -2.38. The average molecular weight is 397 g/mol. The number of ketones is 1. The molecular formula is C19H16F5N3O. The van der Waals surface area contributed by atoms with Crippen molar-refractivity contribution in [3.63, 3.8) is 0 Å². The first kappa shape index (κ1) is 18.6. The summed E-state index contributed by atoms with van der Waals surface area (Å²) in [6, 6.07) is 3.05. The van der Waals surface area contributed by atoms with Gasteiger partial charge in [0.1, 0.15) is 17.3 Å². The van der Waals surface area contributed by atoms with Crippen molar-refractivity contribution in [1.82, 2.24) is 10.2 Å². The zero-order valence-corrected chi connectivity index (χ0v) is 15.0. The van der Waals surface area contributed by atoms with Crippen LogP contribution >= 0.6 is 0 Å². The second-order valence-corrected chi connectivity index (χ2v) is 7.89. The summed E-state index contributed by atoms with van der Waals surface area (Å²) in [6.07, 6.45) is -4.43. The summed E-state index contributed by atoms with van der Waals surface area (Å²) in [5, 5.41) is 8.38. The van der Waals surface area contributed by atoms with Crippen LogP contribution in [0.3, 0.4) is 0 Å². The van der Waals surface area contributed by atoms with Crippen molar-refractivity contribution in [2.45, 2.75) is 38.8 Å². The number of anilines is 1. The molecule has 4 rings (SSSR count).